The van der Waals surface area contributed by atoms with Crippen molar-refractivity contribution < 1.29 is 17.9 Å². The van der Waals surface area contributed by atoms with Gasteiger partial charge in [0.15, 0.2) is 6.10 Å². The number of rotatable bonds is 2. The van der Waals surface area contributed by atoms with Gasteiger partial charge in [0.1, 0.15) is 5.75 Å². The molecule has 2 aliphatic rings. The van der Waals surface area contributed by atoms with E-state index in [2.05, 4.69) is 5.32 Å². The van der Waals surface area contributed by atoms with Gasteiger partial charge in [-0.05, 0) is 31.9 Å². The van der Waals surface area contributed by atoms with Crippen LogP contribution in [0.1, 0.15) is 19.8 Å². The fourth-order valence-electron chi connectivity index (χ4n) is 2.42. The lowest BCUT2D eigenvalue weighted by molar-refractivity contribution is -0.122. The molecule has 0 unspecified atom stereocenters. The summed E-state index contributed by atoms with van der Waals surface area (Å²) in [5.41, 5.74) is 0.508. The zero-order chi connectivity index (χ0) is 14.3. The third-order valence-electron chi connectivity index (χ3n) is 3.59. The number of fused-ring (bicyclic) bond motifs is 1. The van der Waals surface area contributed by atoms with Gasteiger partial charge in [-0.2, -0.15) is 4.31 Å². The summed E-state index contributed by atoms with van der Waals surface area (Å²) in [5.74, 6) is 0.171. The summed E-state index contributed by atoms with van der Waals surface area (Å²) in [7, 11) is -3.46. The summed E-state index contributed by atoms with van der Waals surface area (Å²) in [6, 6.07) is 4.56. The molecule has 1 atom stereocenters. The fourth-order valence-corrected chi connectivity index (χ4v) is 3.95. The fraction of sp³-hybridized carbons (Fsp3) is 0.462. The number of anilines is 1. The van der Waals surface area contributed by atoms with Crippen LogP contribution in [-0.2, 0) is 14.8 Å². The van der Waals surface area contributed by atoms with Crippen LogP contribution < -0.4 is 10.1 Å². The Bertz CT molecular complexity index is 650. The molecule has 0 radical (unpaired) electrons. The molecule has 1 amide bonds. The van der Waals surface area contributed by atoms with Gasteiger partial charge in [0.05, 0.1) is 10.6 Å². The number of nitrogens with zero attached hydrogens (tertiary/aromatic N) is 1. The van der Waals surface area contributed by atoms with E-state index in [1.54, 1.807) is 13.0 Å². The van der Waals surface area contributed by atoms with E-state index in [-0.39, 0.29) is 10.8 Å². The SMILES string of the molecule is C[C@@H]1Oc2cc(S(=O)(=O)N3CCCC3)ccc2NC1=O. The average Bonchev–Trinajstić information content (AvgIpc) is 2.94. The molecule has 1 fully saturated rings. The molecule has 7 heteroatoms. The van der Waals surface area contributed by atoms with Gasteiger partial charge in [0, 0.05) is 19.2 Å². The molecule has 0 aliphatic carbocycles. The zero-order valence-corrected chi connectivity index (χ0v) is 11.9. The van der Waals surface area contributed by atoms with Gasteiger partial charge in [0.25, 0.3) is 5.91 Å². The molecule has 1 saturated heterocycles. The van der Waals surface area contributed by atoms with E-state index in [9.17, 15) is 13.2 Å². The van der Waals surface area contributed by atoms with E-state index in [0.717, 1.165) is 12.8 Å². The lowest BCUT2D eigenvalue weighted by Gasteiger charge is -2.24. The molecule has 20 heavy (non-hydrogen) atoms. The van der Waals surface area contributed by atoms with Crippen LogP contribution >= 0.6 is 0 Å². The van der Waals surface area contributed by atoms with E-state index in [1.807, 2.05) is 0 Å². The standard InChI is InChI=1S/C13H16N2O4S/c1-9-13(16)14-11-5-4-10(8-12(11)19-9)20(17,18)15-6-2-3-7-15/h4-5,8-9H,2-3,6-7H2,1H3,(H,14,16)/t9-/m0/s1. The van der Waals surface area contributed by atoms with Crippen LogP contribution in [-0.4, -0.2) is 37.8 Å². The number of benzene rings is 1. The molecule has 6 nitrogen and oxygen atoms in total. The average molecular weight is 296 g/mol. The molecule has 1 aromatic rings. The minimum atomic E-state index is -3.46. The first-order valence-electron chi connectivity index (χ1n) is 6.60. The molecule has 3 rings (SSSR count). The van der Waals surface area contributed by atoms with Gasteiger partial charge in [-0.1, -0.05) is 0 Å². The first-order valence-corrected chi connectivity index (χ1v) is 8.04. The Morgan fingerprint density at radius 3 is 2.70 bits per heavy atom. The number of nitrogens with one attached hydrogen (secondary N) is 1. The van der Waals surface area contributed by atoms with Gasteiger partial charge in [0.2, 0.25) is 10.0 Å². The Hall–Kier alpha value is -1.60. The molecule has 1 N–H and O–H groups in total. The van der Waals surface area contributed by atoms with Crippen molar-refractivity contribution >= 4 is 21.6 Å². The normalized spacial score (nSPS) is 23.1. The number of carbonyl (C=O) groups is 1. The predicted molar refractivity (Wildman–Crippen MR) is 73.2 cm³/mol. The van der Waals surface area contributed by atoms with Crippen molar-refractivity contribution in [2.45, 2.75) is 30.8 Å². The van der Waals surface area contributed by atoms with Crippen LogP contribution in [0.4, 0.5) is 5.69 Å². The first-order chi connectivity index (χ1) is 9.48. The minimum Gasteiger partial charge on any atom is -0.479 e. The Morgan fingerprint density at radius 1 is 1.30 bits per heavy atom. The van der Waals surface area contributed by atoms with Crippen molar-refractivity contribution in [3.8, 4) is 5.75 Å². The third kappa shape index (κ3) is 2.16. The highest BCUT2D eigenvalue weighted by molar-refractivity contribution is 7.89. The van der Waals surface area contributed by atoms with E-state index in [4.69, 9.17) is 4.74 Å². The van der Waals surface area contributed by atoms with E-state index < -0.39 is 16.1 Å². The van der Waals surface area contributed by atoms with Crippen molar-refractivity contribution in [3.05, 3.63) is 18.2 Å². The summed E-state index contributed by atoms with van der Waals surface area (Å²) in [6.07, 6.45) is 1.17. The number of hydrogen-bond donors (Lipinski definition) is 1. The topological polar surface area (TPSA) is 75.7 Å². The molecule has 108 valence electrons. The lowest BCUT2D eigenvalue weighted by Crippen LogP contribution is -2.34. The van der Waals surface area contributed by atoms with Crippen molar-refractivity contribution in [3.63, 3.8) is 0 Å². The van der Waals surface area contributed by atoms with Crippen molar-refractivity contribution in [1.82, 2.24) is 4.31 Å². The maximum Gasteiger partial charge on any atom is 0.265 e. The Labute approximate surface area is 117 Å². The quantitative estimate of drug-likeness (QED) is 0.889. The van der Waals surface area contributed by atoms with Crippen LogP contribution in [0, 0.1) is 0 Å². The van der Waals surface area contributed by atoms with Gasteiger partial charge < -0.3 is 10.1 Å². The summed E-state index contributed by atoms with van der Waals surface area (Å²) in [4.78, 5) is 11.7. The van der Waals surface area contributed by atoms with Gasteiger partial charge in [-0.3, -0.25) is 4.79 Å². The molecular formula is C13H16N2O4S. The van der Waals surface area contributed by atoms with Crippen LogP contribution in [0.15, 0.2) is 23.1 Å². The summed E-state index contributed by atoms with van der Waals surface area (Å²) >= 11 is 0. The maximum atomic E-state index is 12.4. The second kappa shape index (κ2) is 4.75. The van der Waals surface area contributed by atoms with Gasteiger partial charge >= 0.3 is 0 Å². The highest BCUT2D eigenvalue weighted by atomic mass is 32.2. The van der Waals surface area contributed by atoms with Crippen LogP contribution in [0.3, 0.4) is 0 Å². The second-order valence-corrected chi connectivity index (χ2v) is 6.96. The third-order valence-corrected chi connectivity index (χ3v) is 5.48. The molecule has 2 heterocycles. The first kappa shape index (κ1) is 13.4. The zero-order valence-electron chi connectivity index (χ0n) is 11.1. The largest absolute Gasteiger partial charge is 0.479 e. The van der Waals surface area contributed by atoms with E-state index >= 15 is 0 Å². The van der Waals surface area contributed by atoms with E-state index in [1.165, 1.54) is 16.4 Å². The van der Waals surface area contributed by atoms with Gasteiger partial charge in [-0.15, -0.1) is 0 Å². The number of hydrogen-bond acceptors (Lipinski definition) is 4. The van der Waals surface area contributed by atoms with Crippen molar-refractivity contribution in [2.24, 2.45) is 0 Å². The predicted octanol–water partition coefficient (Wildman–Crippen LogP) is 1.19. The Balaban J connectivity index is 1.96. The minimum absolute atomic E-state index is 0.210. The Kier molecular flexibility index (Phi) is 3.18. The molecule has 0 aromatic heterocycles. The second-order valence-electron chi connectivity index (χ2n) is 5.02. The molecule has 0 spiro atoms. The van der Waals surface area contributed by atoms with Crippen LogP contribution in [0.2, 0.25) is 0 Å². The van der Waals surface area contributed by atoms with Crippen LogP contribution in [0.25, 0.3) is 0 Å². The lowest BCUT2D eigenvalue weighted by atomic mass is 10.2. The van der Waals surface area contributed by atoms with E-state index in [0.29, 0.717) is 24.5 Å². The highest BCUT2D eigenvalue weighted by Crippen LogP contribution is 2.33. The number of ether oxygens (including phenoxy) is 1. The smallest absolute Gasteiger partial charge is 0.265 e. The Morgan fingerprint density at radius 2 is 2.00 bits per heavy atom. The monoisotopic (exact) mass is 296 g/mol. The van der Waals surface area contributed by atoms with Gasteiger partial charge in [-0.25, -0.2) is 8.42 Å². The molecule has 2 aliphatic heterocycles. The van der Waals surface area contributed by atoms with Crippen molar-refractivity contribution in [2.75, 3.05) is 18.4 Å². The molecular weight excluding hydrogens is 280 g/mol. The molecule has 0 saturated carbocycles. The molecule has 1 aromatic carbocycles. The summed E-state index contributed by atoms with van der Waals surface area (Å²) in [5, 5.41) is 2.69. The number of carbonyl (C=O) groups excluding carboxylic acids is 1. The maximum absolute atomic E-state index is 12.4. The summed E-state index contributed by atoms with van der Waals surface area (Å²) in [6.45, 7) is 2.75. The number of sulfonamides is 1. The summed E-state index contributed by atoms with van der Waals surface area (Å²) < 4.78 is 31.8. The molecule has 0 bridgehead atoms. The van der Waals surface area contributed by atoms with Crippen LogP contribution in [0.5, 0.6) is 5.75 Å². The number of amides is 1. The van der Waals surface area contributed by atoms with Crippen molar-refractivity contribution in [1.29, 1.82) is 0 Å². The highest BCUT2D eigenvalue weighted by Gasteiger charge is 2.30.